The third-order valence-corrected chi connectivity index (χ3v) is 2.75. The molecule has 0 bridgehead atoms. The zero-order valence-electron chi connectivity index (χ0n) is 8.54. The molecule has 15 heavy (non-hydrogen) atoms. The van der Waals surface area contributed by atoms with Gasteiger partial charge in [0.15, 0.2) is 0 Å². The minimum atomic E-state index is -0.482. The van der Waals surface area contributed by atoms with Crippen molar-refractivity contribution in [3.8, 4) is 0 Å². The van der Waals surface area contributed by atoms with Gasteiger partial charge in [0.05, 0.1) is 0 Å². The van der Waals surface area contributed by atoms with Gasteiger partial charge < -0.3 is 17.8 Å². The maximum Gasteiger partial charge on any atom is 0.0495 e. The van der Waals surface area contributed by atoms with E-state index in [2.05, 4.69) is 13.0 Å². The van der Waals surface area contributed by atoms with Crippen LogP contribution < -0.4 is 5.73 Å². The van der Waals surface area contributed by atoms with Gasteiger partial charge in [-0.05, 0) is 12.0 Å². The SMILES string of the molecule is [CH2-]CC(CN)(CO)c1[c-]cc(Cl)cc1.[Y]. The monoisotopic (exact) mass is 300 g/mol. The van der Waals surface area contributed by atoms with Gasteiger partial charge in [0.1, 0.15) is 0 Å². The Balaban J connectivity index is 0.00000196. The molecule has 0 saturated heterocycles. The summed E-state index contributed by atoms with van der Waals surface area (Å²) < 4.78 is 0. The average Bonchev–Trinajstić information content (AvgIpc) is 2.24. The van der Waals surface area contributed by atoms with E-state index in [0.29, 0.717) is 18.0 Å². The minimum Gasteiger partial charge on any atom is -0.396 e. The van der Waals surface area contributed by atoms with E-state index in [9.17, 15) is 5.11 Å². The van der Waals surface area contributed by atoms with Gasteiger partial charge in [0.2, 0.25) is 0 Å². The van der Waals surface area contributed by atoms with E-state index < -0.39 is 5.41 Å². The van der Waals surface area contributed by atoms with Crippen LogP contribution in [0.25, 0.3) is 0 Å². The van der Waals surface area contributed by atoms with Gasteiger partial charge >= 0.3 is 0 Å². The molecular weight excluding hydrogens is 286 g/mol. The fraction of sp³-hybridized carbons (Fsp3) is 0.364. The van der Waals surface area contributed by atoms with E-state index in [1.165, 1.54) is 0 Å². The van der Waals surface area contributed by atoms with Gasteiger partial charge in [0, 0.05) is 39.3 Å². The minimum absolute atomic E-state index is 0. The van der Waals surface area contributed by atoms with E-state index >= 15 is 0 Å². The van der Waals surface area contributed by atoms with Crippen molar-refractivity contribution in [2.45, 2.75) is 11.8 Å². The Morgan fingerprint density at radius 3 is 2.53 bits per heavy atom. The van der Waals surface area contributed by atoms with Gasteiger partial charge in [-0.2, -0.15) is 47.9 Å². The van der Waals surface area contributed by atoms with E-state index in [4.69, 9.17) is 17.3 Å². The Bertz CT molecular complexity index is 277. The van der Waals surface area contributed by atoms with Crippen molar-refractivity contribution in [3.63, 3.8) is 0 Å². The zero-order valence-corrected chi connectivity index (χ0v) is 12.1. The molecule has 1 atom stereocenters. The average molecular weight is 301 g/mol. The van der Waals surface area contributed by atoms with Crippen molar-refractivity contribution in [1.82, 2.24) is 0 Å². The number of benzene rings is 1. The van der Waals surface area contributed by atoms with Crippen molar-refractivity contribution >= 4 is 11.6 Å². The van der Waals surface area contributed by atoms with Crippen LogP contribution in [0.1, 0.15) is 12.0 Å². The number of hydrogen-bond acceptors (Lipinski definition) is 2. The van der Waals surface area contributed by atoms with Gasteiger partial charge in [-0.15, -0.1) is 0 Å². The topological polar surface area (TPSA) is 46.2 Å². The number of nitrogens with two attached hydrogens (primary N) is 1. The Labute approximate surface area is 121 Å². The van der Waals surface area contributed by atoms with Crippen LogP contribution in [-0.4, -0.2) is 18.3 Å². The molecule has 1 aromatic carbocycles. The Hall–Kier alpha value is 0.534. The summed E-state index contributed by atoms with van der Waals surface area (Å²) in [5, 5.41) is 9.95. The molecule has 1 radical (unpaired) electrons. The van der Waals surface area contributed by atoms with Crippen molar-refractivity contribution in [2.75, 3.05) is 13.2 Å². The molecule has 0 amide bonds. The predicted molar refractivity (Wildman–Crippen MR) is 58.1 cm³/mol. The summed E-state index contributed by atoms with van der Waals surface area (Å²) in [4.78, 5) is 0. The van der Waals surface area contributed by atoms with Gasteiger partial charge in [-0.1, -0.05) is 5.02 Å². The fourth-order valence-corrected chi connectivity index (χ4v) is 1.43. The van der Waals surface area contributed by atoms with Gasteiger partial charge in [-0.3, -0.25) is 0 Å². The summed E-state index contributed by atoms with van der Waals surface area (Å²) in [7, 11) is 0. The van der Waals surface area contributed by atoms with Crippen LogP contribution in [-0.2, 0) is 38.1 Å². The van der Waals surface area contributed by atoms with Crippen LogP contribution in [0.2, 0.25) is 5.02 Å². The van der Waals surface area contributed by atoms with E-state index in [-0.39, 0.29) is 39.3 Å². The van der Waals surface area contributed by atoms with Crippen LogP contribution in [0, 0.1) is 13.0 Å². The molecule has 0 aliphatic rings. The van der Waals surface area contributed by atoms with Gasteiger partial charge in [0.25, 0.3) is 0 Å². The first kappa shape index (κ1) is 15.5. The normalized spacial score (nSPS) is 14.1. The predicted octanol–water partition coefficient (Wildman–Crippen LogP) is 1.55. The molecule has 1 unspecified atom stereocenters. The first-order valence-corrected chi connectivity index (χ1v) is 4.84. The molecule has 0 aromatic heterocycles. The summed E-state index contributed by atoms with van der Waals surface area (Å²) >= 11 is 5.75. The summed E-state index contributed by atoms with van der Waals surface area (Å²) in [6.07, 6.45) is 0.540. The Morgan fingerprint density at radius 2 is 2.20 bits per heavy atom. The van der Waals surface area contributed by atoms with Crippen molar-refractivity contribution < 1.29 is 37.8 Å². The summed E-state index contributed by atoms with van der Waals surface area (Å²) in [5.74, 6) is 0. The van der Waals surface area contributed by atoms with Gasteiger partial charge in [-0.25, -0.2) is 0 Å². The molecule has 4 heteroatoms. The first-order valence-electron chi connectivity index (χ1n) is 4.46. The Morgan fingerprint density at radius 1 is 1.53 bits per heavy atom. The summed E-state index contributed by atoms with van der Waals surface area (Å²) in [6, 6.07) is 8.29. The van der Waals surface area contributed by atoms with Crippen LogP contribution in [0.5, 0.6) is 0 Å². The molecule has 0 fully saturated rings. The molecule has 0 aliphatic heterocycles. The number of halogens is 1. The number of aliphatic hydroxyl groups is 1. The smallest absolute Gasteiger partial charge is 0.0495 e. The molecule has 2 nitrogen and oxygen atoms in total. The third kappa shape index (κ3) is 3.50. The van der Waals surface area contributed by atoms with Crippen LogP contribution in [0.15, 0.2) is 18.2 Å². The second kappa shape index (κ2) is 6.98. The second-order valence-corrected chi connectivity index (χ2v) is 3.75. The largest absolute Gasteiger partial charge is 0.396 e. The molecule has 1 aromatic rings. The van der Waals surface area contributed by atoms with E-state index in [0.717, 1.165) is 5.56 Å². The molecule has 0 saturated carbocycles. The molecule has 0 spiro atoms. The van der Waals surface area contributed by atoms with E-state index in [1.54, 1.807) is 12.1 Å². The molecule has 3 N–H and O–H groups in total. The van der Waals surface area contributed by atoms with Crippen molar-refractivity contribution in [1.29, 1.82) is 0 Å². The van der Waals surface area contributed by atoms with Crippen molar-refractivity contribution in [2.24, 2.45) is 5.73 Å². The molecule has 1 rings (SSSR count). The standard InChI is InChI=1S/C11H14ClNO.Y/c1-2-11(7-13,8-14)9-3-5-10(12)6-4-9;/h3,5-6,14H,1-2,7-8,13H2;/q-2;. The van der Waals surface area contributed by atoms with E-state index in [1.807, 2.05) is 6.07 Å². The molecule has 0 aliphatic carbocycles. The quantitative estimate of drug-likeness (QED) is 0.829. The third-order valence-electron chi connectivity index (χ3n) is 2.52. The zero-order chi connectivity index (χ0) is 10.6. The maximum absolute atomic E-state index is 9.33. The summed E-state index contributed by atoms with van der Waals surface area (Å²) in [6.45, 7) is 4.14. The number of hydrogen-bond donors (Lipinski definition) is 2. The van der Waals surface area contributed by atoms with Crippen molar-refractivity contribution in [3.05, 3.63) is 41.8 Å². The molecular formula is C11H14ClNOY-2. The molecule has 81 valence electrons. The molecule has 0 heterocycles. The second-order valence-electron chi connectivity index (χ2n) is 3.31. The maximum atomic E-state index is 9.33. The number of aliphatic hydroxyl groups excluding tert-OH is 1. The number of rotatable bonds is 4. The fourth-order valence-electron chi connectivity index (χ4n) is 1.31. The summed E-state index contributed by atoms with van der Waals surface area (Å²) in [5.41, 5.74) is 6.03. The van der Waals surface area contributed by atoms with Crippen LogP contribution >= 0.6 is 11.6 Å². The van der Waals surface area contributed by atoms with Crippen LogP contribution in [0.4, 0.5) is 0 Å². The van der Waals surface area contributed by atoms with Crippen LogP contribution in [0.3, 0.4) is 0 Å². The first-order chi connectivity index (χ1) is 6.68. The Kier molecular flexibility index (Phi) is 7.23.